The Bertz CT molecular complexity index is 3540. The number of para-hydroxylation sites is 3. The fourth-order valence-electron chi connectivity index (χ4n) is 8.16. The van der Waals surface area contributed by atoms with Gasteiger partial charge in [-0.25, -0.2) is 15.0 Å². The molecule has 57 heavy (non-hydrogen) atoms. The molecular formula is C51H29N3O3. The van der Waals surface area contributed by atoms with Crippen molar-refractivity contribution in [1.82, 2.24) is 15.0 Å². The molecule has 0 aliphatic rings. The van der Waals surface area contributed by atoms with Crippen LogP contribution in [-0.2, 0) is 0 Å². The number of hydrogen-bond donors (Lipinski definition) is 0. The molecule has 0 saturated carbocycles. The molecule has 0 N–H and O–H groups in total. The van der Waals surface area contributed by atoms with Crippen LogP contribution in [0.25, 0.3) is 122 Å². The summed E-state index contributed by atoms with van der Waals surface area (Å²) in [6, 6.07) is 59.9. The summed E-state index contributed by atoms with van der Waals surface area (Å²) in [5.74, 6) is 1.63. The lowest BCUT2D eigenvalue weighted by atomic mass is 10.00. The lowest BCUT2D eigenvalue weighted by Crippen LogP contribution is -2.00. The van der Waals surface area contributed by atoms with Crippen LogP contribution < -0.4 is 0 Å². The first-order valence-corrected chi connectivity index (χ1v) is 18.9. The van der Waals surface area contributed by atoms with Crippen LogP contribution in [0.4, 0.5) is 0 Å². The van der Waals surface area contributed by atoms with Gasteiger partial charge in [-0.2, -0.15) is 0 Å². The Hall–Kier alpha value is -7.83. The van der Waals surface area contributed by atoms with E-state index in [1.807, 2.05) is 72.8 Å². The molecule has 0 amide bonds. The van der Waals surface area contributed by atoms with Crippen LogP contribution in [0.1, 0.15) is 0 Å². The second-order valence-electron chi connectivity index (χ2n) is 14.4. The number of fused-ring (bicyclic) bond motifs is 9. The second-order valence-corrected chi connectivity index (χ2v) is 14.4. The fraction of sp³-hybridized carbons (Fsp3) is 0. The first kappa shape index (κ1) is 31.5. The third-order valence-corrected chi connectivity index (χ3v) is 10.9. The summed E-state index contributed by atoms with van der Waals surface area (Å²) in [6.07, 6.45) is 0. The minimum absolute atomic E-state index is 0.539. The Morgan fingerprint density at radius 3 is 1.47 bits per heavy atom. The number of benzene rings is 8. The quantitative estimate of drug-likeness (QED) is 0.175. The van der Waals surface area contributed by atoms with Crippen LogP contribution in [0.5, 0.6) is 0 Å². The third kappa shape index (κ3) is 5.15. The van der Waals surface area contributed by atoms with Gasteiger partial charge in [-0.15, -0.1) is 0 Å². The van der Waals surface area contributed by atoms with Crippen LogP contribution >= 0.6 is 0 Å². The van der Waals surface area contributed by atoms with Crippen molar-refractivity contribution in [2.45, 2.75) is 0 Å². The minimum Gasteiger partial charge on any atom is -0.456 e. The Kier molecular flexibility index (Phi) is 6.83. The Balaban J connectivity index is 1.02. The second kappa shape index (κ2) is 12.3. The summed E-state index contributed by atoms with van der Waals surface area (Å²) < 4.78 is 19.1. The molecular weight excluding hydrogens is 703 g/mol. The average Bonchev–Trinajstić information content (AvgIpc) is 3.97. The van der Waals surface area contributed by atoms with E-state index >= 15 is 0 Å². The predicted molar refractivity (Wildman–Crippen MR) is 229 cm³/mol. The molecule has 0 saturated heterocycles. The highest BCUT2D eigenvalue weighted by atomic mass is 16.3. The molecule has 12 aromatic rings. The number of rotatable bonds is 5. The molecule has 0 spiro atoms. The van der Waals surface area contributed by atoms with Gasteiger partial charge in [-0.3, -0.25) is 0 Å². The lowest BCUT2D eigenvalue weighted by molar-refractivity contribution is 0.668. The first-order chi connectivity index (χ1) is 28.2. The molecule has 0 atom stereocenters. The van der Waals surface area contributed by atoms with Gasteiger partial charge in [-0.05, 0) is 71.3 Å². The highest BCUT2D eigenvalue weighted by molar-refractivity contribution is 6.10. The van der Waals surface area contributed by atoms with Crippen LogP contribution in [-0.4, -0.2) is 15.0 Å². The Labute approximate surface area is 325 Å². The van der Waals surface area contributed by atoms with Gasteiger partial charge in [0.15, 0.2) is 17.5 Å². The molecule has 12 rings (SSSR count). The first-order valence-electron chi connectivity index (χ1n) is 18.9. The number of hydrogen-bond acceptors (Lipinski definition) is 6. The van der Waals surface area contributed by atoms with Crippen LogP contribution in [0.3, 0.4) is 0 Å². The molecule has 0 aliphatic carbocycles. The van der Waals surface area contributed by atoms with Crippen molar-refractivity contribution in [1.29, 1.82) is 0 Å². The van der Waals surface area contributed by atoms with E-state index in [-0.39, 0.29) is 0 Å². The van der Waals surface area contributed by atoms with E-state index in [1.54, 1.807) is 0 Å². The molecule has 0 bridgehead atoms. The van der Waals surface area contributed by atoms with Crippen LogP contribution in [0, 0.1) is 0 Å². The molecule has 6 heteroatoms. The topological polar surface area (TPSA) is 78.1 Å². The maximum absolute atomic E-state index is 6.44. The molecule has 0 fully saturated rings. The van der Waals surface area contributed by atoms with Gasteiger partial charge in [0.1, 0.15) is 33.5 Å². The van der Waals surface area contributed by atoms with E-state index in [9.17, 15) is 0 Å². The van der Waals surface area contributed by atoms with Gasteiger partial charge in [0, 0.05) is 54.6 Å². The van der Waals surface area contributed by atoms with E-state index in [0.717, 1.165) is 105 Å². The van der Waals surface area contributed by atoms with Gasteiger partial charge < -0.3 is 13.3 Å². The third-order valence-electron chi connectivity index (χ3n) is 10.9. The van der Waals surface area contributed by atoms with Gasteiger partial charge in [0.25, 0.3) is 0 Å². The van der Waals surface area contributed by atoms with Crippen LogP contribution in [0.2, 0.25) is 0 Å². The highest BCUT2D eigenvalue weighted by Crippen LogP contribution is 2.39. The van der Waals surface area contributed by atoms with Crippen molar-refractivity contribution < 1.29 is 13.3 Å². The zero-order valence-electron chi connectivity index (χ0n) is 30.3. The summed E-state index contributed by atoms with van der Waals surface area (Å²) in [4.78, 5) is 15.3. The SMILES string of the molecule is c1ccc(-c2ccc3oc4cc(-c5nc(-c6cccc(-c7cccc8c7oc7ccccc78)c6)nc(-c6ccc7c(c6)oc6ccccc67)n5)ccc4c3c2)cc1. The molecule has 266 valence electrons. The molecule has 0 unspecified atom stereocenters. The van der Waals surface area contributed by atoms with E-state index < -0.39 is 0 Å². The van der Waals surface area contributed by atoms with Gasteiger partial charge in [0.2, 0.25) is 0 Å². The monoisotopic (exact) mass is 731 g/mol. The minimum atomic E-state index is 0.539. The molecule has 4 heterocycles. The van der Waals surface area contributed by atoms with E-state index in [4.69, 9.17) is 28.2 Å². The molecule has 0 aliphatic heterocycles. The molecule has 8 aromatic carbocycles. The highest BCUT2D eigenvalue weighted by Gasteiger charge is 2.18. The van der Waals surface area contributed by atoms with Gasteiger partial charge in [0.05, 0.1) is 0 Å². The van der Waals surface area contributed by atoms with Crippen molar-refractivity contribution in [3.8, 4) is 56.4 Å². The van der Waals surface area contributed by atoms with Crippen molar-refractivity contribution in [3.05, 3.63) is 176 Å². The Morgan fingerprint density at radius 1 is 0.263 bits per heavy atom. The summed E-state index contributed by atoms with van der Waals surface area (Å²) in [5, 5.41) is 6.38. The molecule has 6 nitrogen and oxygen atoms in total. The van der Waals surface area contributed by atoms with Crippen molar-refractivity contribution in [3.63, 3.8) is 0 Å². The van der Waals surface area contributed by atoms with E-state index in [0.29, 0.717) is 17.5 Å². The molecule has 0 radical (unpaired) electrons. The number of nitrogens with zero attached hydrogens (tertiary/aromatic N) is 3. The van der Waals surface area contributed by atoms with Gasteiger partial charge >= 0.3 is 0 Å². The summed E-state index contributed by atoms with van der Waals surface area (Å²) in [6.45, 7) is 0. The summed E-state index contributed by atoms with van der Waals surface area (Å²) in [7, 11) is 0. The van der Waals surface area contributed by atoms with Crippen molar-refractivity contribution in [2.24, 2.45) is 0 Å². The van der Waals surface area contributed by atoms with E-state index in [2.05, 4.69) is 103 Å². The largest absolute Gasteiger partial charge is 0.456 e. The Morgan fingerprint density at radius 2 is 0.754 bits per heavy atom. The summed E-state index contributed by atoms with van der Waals surface area (Å²) >= 11 is 0. The van der Waals surface area contributed by atoms with Gasteiger partial charge in [-0.1, -0.05) is 121 Å². The lowest BCUT2D eigenvalue weighted by Gasteiger charge is -2.10. The normalized spacial score (nSPS) is 11.9. The molecule has 4 aromatic heterocycles. The predicted octanol–water partition coefficient (Wildman–Crippen LogP) is 13.9. The van der Waals surface area contributed by atoms with Crippen molar-refractivity contribution in [2.75, 3.05) is 0 Å². The fourth-order valence-corrected chi connectivity index (χ4v) is 8.16. The summed E-state index contributed by atoms with van der Waals surface area (Å²) in [5.41, 5.74) is 11.7. The maximum Gasteiger partial charge on any atom is 0.164 e. The average molecular weight is 732 g/mol. The zero-order valence-corrected chi connectivity index (χ0v) is 30.3. The number of aromatic nitrogens is 3. The smallest absolute Gasteiger partial charge is 0.164 e. The number of furan rings is 3. The van der Waals surface area contributed by atoms with Crippen molar-refractivity contribution >= 4 is 65.8 Å². The van der Waals surface area contributed by atoms with Crippen LogP contribution in [0.15, 0.2) is 189 Å². The van der Waals surface area contributed by atoms with E-state index in [1.165, 1.54) is 0 Å². The maximum atomic E-state index is 6.44. The standard InChI is InChI=1S/C51H29N3O3/c1-2-10-30(11-3-1)31-22-25-45-42(27-31)40-24-21-35(29-47(40)56-45)51-53-49(52-50(54-51)34-20-23-39-37-14-4-6-18-43(37)55-46(39)28-34)33-13-8-12-32(26-33)36-16-9-17-41-38-15-5-7-19-44(38)57-48(36)41/h1-29H. The zero-order chi connectivity index (χ0) is 37.5.